The Bertz CT molecular complexity index is 938. The van der Waals surface area contributed by atoms with Gasteiger partial charge in [0.15, 0.2) is 11.5 Å². The summed E-state index contributed by atoms with van der Waals surface area (Å²) in [4.78, 5) is 18.3. The van der Waals surface area contributed by atoms with Crippen molar-refractivity contribution in [1.29, 1.82) is 0 Å². The van der Waals surface area contributed by atoms with Crippen LogP contribution in [0.4, 0.5) is 10.1 Å². The Kier molecular flexibility index (Phi) is 6.46. The van der Waals surface area contributed by atoms with Crippen LogP contribution in [0.5, 0.6) is 0 Å². The van der Waals surface area contributed by atoms with Crippen molar-refractivity contribution in [2.45, 2.75) is 32.9 Å². The van der Waals surface area contributed by atoms with E-state index >= 15 is 0 Å². The maximum absolute atomic E-state index is 13.7. The molecule has 1 atom stereocenters. The number of Topliss-reactive ketones (excluding diaryl/α,β-unsaturated/α-hetero) is 1. The largest absolute Gasteiger partial charge is 0.312 e. The molecule has 1 N–H and O–H groups in total. The maximum atomic E-state index is 13.7. The Labute approximate surface area is 170 Å². The topological polar surface area (TPSA) is 36.7 Å². The molecule has 0 amide bonds. The van der Waals surface area contributed by atoms with E-state index in [4.69, 9.17) is 18.2 Å². The molecule has 0 saturated carbocycles. The van der Waals surface area contributed by atoms with Crippen molar-refractivity contribution in [2.24, 2.45) is 0 Å². The molecule has 0 bridgehead atoms. The fraction of sp³-hybridized carbons (Fsp3) is 0.364. The van der Waals surface area contributed by atoms with Gasteiger partial charge in [-0.05, 0) is 60.9 Å². The third-order valence-electron chi connectivity index (χ3n) is 5.12. The third-order valence-corrected chi connectivity index (χ3v) is 5.34. The lowest BCUT2D eigenvalue weighted by molar-refractivity contribution is 0.0992. The van der Waals surface area contributed by atoms with Gasteiger partial charge in [-0.15, -0.1) is 0 Å². The first-order valence-electron chi connectivity index (χ1n) is 9.30. The summed E-state index contributed by atoms with van der Waals surface area (Å²) in [6, 6.07) is 7.94. The SMILES string of the molecule is [C-]#[N+]c1cc(F)cc(C(=O)Cc2cc(Cl)cc(CN3CCN[C@@H](C)C3)c2C)c1. The number of nitrogens with zero attached hydrogens (tertiary/aromatic N) is 2. The van der Waals surface area contributed by atoms with Gasteiger partial charge >= 0.3 is 0 Å². The lowest BCUT2D eigenvalue weighted by atomic mass is 9.95. The van der Waals surface area contributed by atoms with E-state index in [1.54, 1.807) is 6.07 Å². The van der Waals surface area contributed by atoms with Crippen LogP contribution < -0.4 is 5.32 Å². The highest BCUT2D eigenvalue weighted by Crippen LogP contribution is 2.25. The normalized spacial score (nSPS) is 17.3. The van der Waals surface area contributed by atoms with E-state index in [0.29, 0.717) is 11.1 Å². The quantitative estimate of drug-likeness (QED) is 0.591. The lowest BCUT2D eigenvalue weighted by Crippen LogP contribution is -2.48. The van der Waals surface area contributed by atoms with Gasteiger partial charge in [-0.2, -0.15) is 0 Å². The van der Waals surface area contributed by atoms with E-state index in [0.717, 1.165) is 48.9 Å². The highest BCUT2D eigenvalue weighted by Gasteiger charge is 2.18. The fourth-order valence-corrected chi connectivity index (χ4v) is 3.88. The van der Waals surface area contributed by atoms with E-state index in [-0.39, 0.29) is 23.5 Å². The van der Waals surface area contributed by atoms with Crippen LogP contribution in [0.3, 0.4) is 0 Å². The number of carbonyl (C=O) groups is 1. The summed E-state index contributed by atoms with van der Waals surface area (Å²) >= 11 is 6.33. The molecule has 4 nitrogen and oxygen atoms in total. The molecule has 1 fully saturated rings. The zero-order chi connectivity index (χ0) is 20.3. The lowest BCUT2D eigenvalue weighted by Gasteiger charge is -2.32. The van der Waals surface area contributed by atoms with Gasteiger partial charge in [0.1, 0.15) is 5.82 Å². The standard InChI is InChI=1S/C22H23ClFN3O/c1-14-12-27(5-4-26-14)13-18-7-19(23)6-16(15(18)2)10-22(28)17-8-20(24)11-21(9-17)25-3/h6-9,11,14,26H,4-5,10,12-13H2,1-2H3/t14-/m0/s1. The average molecular weight is 400 g/mol. The first kappa shape index (κ1) is 20.5. The number of hydrogen-bond donors (Lipinski definition) is 1. The Balaban J connectivity index is 1.82. The number of benzene rings is 2. The van der Waals surface area contributed by atoms with E-state index in [1.807, 2.05) is 13.0 Å². The number of ketones is 1. The van der Waals surface area contributed by atoms with Gasteiger partial charge in [-0.25, -0.2) is 9.24 Å². The van der Waals surface area contributed by atoms with Gasteiger partial charge in [0.25, 0.3) is 0 Å². The number of halogens is 2. The Hall–Kier alpha value is -2.26. The van der Waals surface area contributed by atoms with Gasteiger partial charge in [0.05, 0.1) is 6.57 Å². The smallest absolute Gasteiger partial charge is 0.190 e. The minimum Gasteiger partial charge on any atom is -0.312 e. The number of carbonyl (C=O) groups excluding carboxylic acids is 1. The Morgan fingerprint density at radius 2 is 2.07 bits per heavy atom. The first-order valence-corrected chi connectivity index (χ1v) is 9.68. The molecule has 0 spiro atoms. The van der Waals surface area contributed by atoms with Crippen molar-refractivity contribution in [2.75, 3.05) is 19.6 Å². The molecule has 6 heteroatoms. The summed E-state index contributed by atoms with van der Waals surface area (Å²) < 4.78 is 13.7. The first-order chi connectivity index (χ1) is 13.4. The maximum Gasteiger partial charge on any atom is 0.190 e. The highest BCUT2D eigenvalue weighted by molar-refractivity contribution is 6.30. The molecular formula is C22H23ClFN3O. The van der Waals surface area contributed by atoms with Gasteiger partial charge in [-0.3, -0.25) is 9.69 Å². The summed E-state index contributed by atoms with van der Waals surface area (Å²) in [6.07, 6.45) is 0.123. The Morgan fingerprint density at radius 3 is 2.79 bits per heavy atom. The number of nitrogens with one attached hydrogen (secondary N) is 1. The van der Waals surface area contributed by atoms with E-state index in [1.165, 1.54) is 12.1 Å². The monoisotopic (exact) mass is 399 g/mol. The summed E-state index contributed by atoms with van der Waals surface area (Å²) in [5.41, 5.74) is 3.31. The van der Waals surface area contributed by atoms with Gasteiger partial charge in [0, 0.05) is 49.2 Å². The summed E-state index contributed by atoms with van der Waals surface area (Å²) in [7, 11) is 0. The van der Waals surface area contributed by atoms with Crippen LogP contribution in [0.25, 0.3) is 4.85 Å². The van der Waals surface area contributed by atoms with Crippen molar-refractivity contribution in [3.63, 3.8) is 0 Å². The highest BCUT2D eigenvalue weighted by atomic mass is 35.5. The molecule has 1 heterocycles. The summed E-state index contributed by atoms with van der Waals surface area (Å²) in [5.74, 6) is -0.801. The van der Waals surface area contributed by atoms with Crippen LogP contribution in [-0.2, 0) is 13.0 Å². The Morgan fingerprint density at radius 1 is 1.32 bits per heavy atom. The van der Waals surface area contributed by atoms with Gasteiger partial charge < -0.3 is 5.32 Å². The molecule has 2 aromatic rings. The molecular weight excluding hydrogens is 377 g/mol. The van der Waals surface area contributed by atoms with Crippen LogP contribution in [-0.4, -0.2) is 36.4 Å². The van der Waals surface area contributed by atoms with Crippen molar-refractivity contribution in [3.8, 4) is 0 Å². The third kappa shape index (κ3) is 4.96. The van der Waals surface area contributed by atoms with Crippen molar-refractivity contribution >= 4 is 23.1 Å². The number of rotatable bonds is 5. The zero-order valence-electron chi connectivity index (χ0n) is 16.1. The van der Waals surface area contributed by atoms with Crippen LogP contribution in [0.2, 0.25) is 5.02 Å². The van der Waals surface area contributed by atoms with Crippen LogP contribution in [0, 0.1) is 19.3 Å². The molecule has 2 aromatic carbocycles. The number of hydrogen-bond acceptors (Lipinski definition) is 3. The predicted molar refractivity (Wildman–Crippen MR) is 110 cm³/mol. The molecule has 0 unspecified atom stereocenters. The second-order valence-corrected chi connectivity index (χ2v) is 7.79. The molecule has 0 aromatic heterocycles. The van der Waals surface area contributed by atoms with Crippen molar-refractivity contribution in [1.82, 2.24) is 10.2 Å². The van der Waals surface area contributed by atoms with Crippen LogP contribution in [0.1, 0.15) is 34.0 Å². The van der Waals surface area contributed by atoms with E-state index in [9.17, 15) is 9.18 Å². The predicted octanol–water partition coefficient (Wildman–Crippen LogP) is 4.56. The zero-order valence-corrected chi connectivity index (χ0v) is 16.8. The molecule has 28 heavy (non-hydrogen) atoms. The second-order valence-electron chi connectivity index (χ2n) is 7.35. The van der Waals surface area contributed by atoms with Gasteiger partial charge in [-0.1, -0.05) is 11.6 Å². The molecule has 146 valence electrons. The fourth-order valence-electron chi connectivity index (χ4n) is 3.62. The van der Waals surface area contributed by atoms with Crippen molar-refractivity contribution < 1.29 is 9.18 Å². The van der Waals surface area contributed by atoms with Crippen molar-refractivity contribution in [3.05, 3.63) is 74.8 Å². The molecule has 1 aliphatic rings. The van der Waals surface area contributed by atoms with Gasteiger partial charge in [0.2, 0.25) is 0 Å². The molecule has 0 aliphatic carbocycles. The molecule has 3 rings (SSSR count). The molecule has 1 saturated heterocycles. The number of piperazine rings is 1. The van der Waals surface area contributed by atoms with E-state index < -0.39 is 5.82 Å². The minimum absolute atomic E-state index is 0.123. The minimum atomic E-state index is -0.576. The summed E-state index contributed by atoms with van der Waals surface area (Å²) in [6.45, 7) is 14.9. The second kappa shape index (κ2) is 8.83. The molecule has 1 aliphatic heterocycles. The average Bonchev–Trinajstić information content (AvgIpc) is 2.65. The summed E-state index contributed by atoms with van der Waals surface area (Å²) in [5, 5.41) is 4.02. The molecule has 0 radical (unpaired) electrons. The van der Waals surface area contributed by atoms with E-state index in [2.05, 4.69) is 22.0 Å². The van der Waals surface area contributed by atoms with Crippen LogP contribution in [0.15, 0.2) is 30.3 Å². The van der Waals surface area contributed by atoms with Crippen LogP contribution >= 0.6 is 11.6 Å².